The van der Waals surface area contributed by atoms with E-state index < -0.39 is 5.97 Å². The molecule has 5 heteroatoms. The molecule has 1 aromatic rings. The molecule has 1 aliphatic carbocycles. The molecule has 0 amide bonds. The Hall–Kier alpha value is -0.840. The number of halogens is 1. The molecule has 0 unspecified atom stereocenters. The van der Waals surface area contributed by atoms with Gasteiger partial charge in [-0.15, -0.1) is 0 Å². The molecule has 0 bridgehead atoms. The zero-order valence-corrected chi connectivity index (χ0v) is 7.76. The smallest absolute Gasteiger partial charge is 0.371 e. The van der Waals surface area contributed by atoms with Crippen LogP contribution in [-0.4, -0.2) is 21.0 Å². The zero-order valence-electron chi connectivity index (χ0n) is 6.17. The van der Waals surface area contributed by atoms with Crippen molar-refractivity contribution in [2.45, 2.75) is 18.8 Å². The second-order valence-electron chi connectivity index (χ2n) is 2.87. The quantitative estimate of drug-likeness (QED) is 0.814. The lowest BCUT2D eigenvalue weighted by atomic mass is 10.3. The van der Waals surface area contributed by atoms with Crippen LogP contribution in [-0.2, 0) is 0 Å². The molecular formula is C7H7BrN2O2. The van der Waals surface area contributed by atoms with Crippen LogP contribution in [0.25, 0.3) is 0 Å². The summed E-state index contributed by atoms with van der Waals surface area (Å²) in [6.07, 6.45) is 2.25. The summed E-state index contributed by atoms with van der Waals surface area (Å²) in [5.74, 6) is -0.508. The number of aromatic amines is 1. The van der Waals surface area contributed by atoms with Crippen LogP contribution in [0.4, 0.5) is 0 Å². The van der Waals surface area contributed by atoms with Gasteiger partial charge in [-0.25, -0.2) is 9.78 Å². The van der Waals surface area contributed by atoms with Crippen LogP contribution >= 0.6 is 15.9 Å². The molecule has 1 aliphatic rings. The molecule has 0 saturated heterocycles. The third-order valence-electron chi connectivity index (χ3n) is 1.87. The zero-order chi connectivity index (χ0) is 8.72. The average Bonchev–Trinajstić information content (AvgIpc) is 2.75. The van der Waals surface area contributed by atoms with Gasteiger partial charge in [0.05, 0.1) is 5.69 Å². The number of hydrogen-bond acceptors (Lipinski definition) is 2. The average molecular weight is 231 g/mol. The Morgan fingerprint density at radius 3 is 2.75 bits per heavy atom. The Bertz CT molecular complexity index is 330. The van der Waals surface area contributed by atoms with E-state index in [-0.39, 0.29) is 5.82 Å². The first-order valence-corrected chi connectivity index (χ1v) is 4.46. The maximum Gasteiger partial charge on any atom is 0.371 e. The van der Waals surface area contributed by atoms with Gasteiger partial charge in [0.25, 0.3) is 0 Å². The van der Waals surface area contributed by atoms with Gasteiger partial charge in [-0.2, -0.15) is 0 Å². The number of aromatic nitrogens is 2. The monoisotopic (exact) mass is 230 g/mol. The molecule has 4 nitrogen and oxygen atoms in total. The summed E-state index contributed by atoms with van der Waals surface area (Å²) in [6.45, 7) is 0. The summed E-state index contributed by atoms with van der Waals surface area (Å²) in [5, 5.41) is 8.61. The number of rotatable bonds is 2. The number of nitrogens with zero attached hydrogens (tertiary/aromatic N) is 1. The highest BCUT2D eigenvalue weighted by Crippen LogP contribution is 2.41. The number of nitrogens with one attached hydrogen (secondary N) is 1. The lowest BCUT2D eigenvalue weighted by Gasteiger charge is -1.89. The first-order chi connectivity index (χ1) is 5.68. The van der Waals surface area contributed by atoms with Crippen LogP contribution in [0.1, 0.15) is 35.1 Å². The summed E-state index contributed by atoms with van der Waals surface area (Å²) in [4.78, 5) is 17.1. The molecule has 0 radical (unpaired) electrons. The molecule has 2 N–H and O–H groups in total. The molecule has 1 aromatic heterocycles. The Labute approximate surface area is 77.1 Å². The molecule has 12 heavy (non-hydrogen) atoms. The summed E-state index contributed by atoms with van der Waals surface area (Å²) >= 11 is 3.22. The van der Waals surface area contributed by atoms with Crippen LogP contribution in [0.3, 0.4) is 0 Å². The largest absolute Gasteiger partial charge is 0.475 e. The predicted octanol–water partition coefficient (Wildman–Crippen LogP) is 1.75. The molecule has 1 heterocycles. The maximum absolute atomic E-state index is 10.5. The van der Waals surface area contributed by atoms with Crippen molar-refractivity contribution in [3.8, 4) is 0 Å². The van der Waals surface area contributed by atoms with Crippen LogP contribution in [0.5, 0.6) is 0 Å². The van der Waals surface area contributed by atoms with Crippen molar-refractivity contribution in [1.82, 2.24) is 9.97 Å². The minimum absolute atomic E-state index is 0.0174. The Kier molecular flexibility index (Phi) is 1.68. The van der Waals surface area contributed by atoms with Crippen LogP contribution < -0.4 is 0 Å². The third kappa shape index (κ3) is 1.24. The van der Waals surface area contributed by atoms with E-state index in [2.05, 4.69) is 25.9 Å². The van der Waals surface area contributed by atoms with Crippen LogP contribution in [0, 0.1) is 0 Å². The van der Waals surface area contributed by atoms with Crippen molar-refractivity contribution in [1.29, 1.82) is 0 Å². The molecular weight excluding hydrogens is 224 g/mol. The summed E-state index contributed by atoms with van der Waals surface area (Å²) in [6, 6.07) is 0. The van der Waals surface area contributed by atoms with Gasteiger partial charge in [0, 0.05) is 5.92 Å². The second kappa shape index (κ2) is 2.58. The highest BCUT2D eigenvalue weighted by atomic mass is 79.9. The van der Waals surface area contributed by atoms with E-state index in [0.29, 0.717) is 10.5 Å². The first-order valence-electron chi connectivity index (χ1n) is 3.67. The van der Waals surface area contributed by atoms with Crippen molar-refractivity contribution in [3.05, 3.63) is 16.1 Å². The molecule has 1 saturated carbocycles. The fourth-order valence-electron chi connectivity index (χ4n) is 1.11. The second-order valence-corrected chi connectivity index (χ2v) is 3.62. The van der Waals surface area contributed by atoms with E-state index in [4.69, 9.17) is 5.11 Å². The number of carbonyl (C=O) groups is 1. The van der Waals surface area contributed by atoms with Gasteiger partial charge in [-0.1, -0.05) is 0 Å². The Morgan fingerprint density at radius 2 is 2.33 bits per heavy atom. The van der Waals surface area contributed by atoms with Crippen molar-refractivity contribution >= 4 is 21.9 Å². The van der Waals surface area contributed by atoms with Gasteiger partial charge in [0.1, 0.15) is 4.60 Å². The first kappa shape index (κ1) is 7.79. The van der Waals surface area contributed by atoms with Gasteiger partial charge in [-0.3, -0.25) is 0 Å². The number of hydrogen-bond donors (Lipinski definition) is 2. The van der Waals surface area contributed by atoms with Gasteiger partial charge in [0.15, 0.2) is 0 Å². The van der Waals surface area contributed by atoms with Crippen molar-refractivity contribution < 1.29 is 9.90 Å². The fourth-order valence-corrected chi connectivity index (χ4v) is 1.71. The van der Waals surface area contributed by atoms with Gasteiger partial charge >= 0.3 is 5.97 Å². The normalized spacial score (nSPS) is 16.4. The van der Waals surface area contributed by atoms with E-state index in [1.807, 2.05) is 0 Å². The lowest BCUT2D eigenvalue weighted by Crippen LogP contribution is -1.98. The highest BCUT2D eigenvalue weighted by molar-refractivity contribution is 9.10. The van der Waals surface area contributed by atoms with Gasteiger partial charge in [-0.05, 0) is 28.8 Å². The minimum atomic E-state index is -1.01. The van der Waals surface area contributed by atoms with Crippen molar-refractivity contribution in [2.75, 3.05) is 0 Å². The third-order valence-corrected chi connectivity index (χ3v) is 2.48. The Balaban J connectivity index is 2.36. The standard InChI is InChI=1S/C7H7BrN2O2/c8-5-4(3-1-2-3)9-6(10-5)7(11)12/h3H,1-2H2,(H,9,10)(H,11,12). The predicted molar refractivity (Wildman–Crippen MR) is 45.2 cm³/mol. The summed E-state index contributed by atoms with van der Waals surface area (Å²) < 4.78 is 0.641. The van der Waals surface area contributed by atoms with E-state index in [1.54, 1.807) is 0 Å². The number of carboxylic acids is 1. The Morgan fingerprint density at radius 1 is 1.67 bits per heavy atom. The molecule has 0 aliphatic heterocycles. The molecule has 2 rings (SSSR count). The molecule has 0 atom stereocenters. The SMILES string of the molecule is O=C(O)c1nc(Br)c(C2CC2)[nH]1. The topological polar surface area (TPSA) is 66.0 Å². The van der Waals surface area contributed by atoms with Crippen LogP contribution in [0.2, 0.25) is 0 Å². The van der Waals surface area contributed by atoms with Crippen LogP contribution in [0.15, 0.2) is 4.60 Å². The maximum atomic E-state index is 10.5. The number of imidazole rings is 1. The number of H-pyrrole nitrogens is 1. The van der Waals surface area contributed by atoms with E-state index in [0.717, 1.165) is 18.5 Å². The molecule has 0 aromatic carbocycles. The number of carboxylic acid groups (broad SMARTS) is 1. The summed E-state index contributed by atoms with van der Waals surface area (Å²) in [7, 11) is 0. The molecule has 1 fully saturated rings. The van der Waals surface area contributed by atoms with Gasteiger partial charge < -0.3 is 10.1 Å². The molecule has 0 spiro atoms. The molecule has 64 valence electrons. The van der Waals surface area contributed by atoms with E-state index >= 15 is 0 Å². The van der Waals surface area contributed by atoms with Crippen molar-refractivity contribution in [3.63, 3.8) is 0 Å². The minimum Gasteiger partial charge on any atom is -0.475 e. The fraction of sp³-hybridized carbons (Fsp3) is 0.429. The van der Waals surface area contributed by atoms with E-state index in [9.17, 15) is 4.79 Å². The highest BCUT2D eigenvalue weighted by Gasteiger charge is 2.29. The van der Waals surface area contributed by atoms with Crippen molar-refractivity contribution in [2.24, 2.45) is 0 Å². The summed E-state index contributed by atoms with van der Waals surface area (Å²) in [5.41, 5.74) is 0.924. The van der Waals surface area contributed by atoms with E-state index in [1.165, 1.54) is 0 Å². The number of aromatic carboxylic acids is 1. The lowest BCUT2D eigenvalue weighted by molar-refractivity contribution is 0.0684. The van der Waals surface area contributed by atoms with Gasteiger partial charge in [0.2, 0.25) is 5.82 Å².